The second-order valence-corrected chi connectivity index (χ2v) is 8.15. The van der Waals surface area contributed by atoms with Crippen molar-refractivity contribution < 1.29 is 4.74 Å². The number of hydrogen-bond acceptors (Lipinski definition) is 4. The molecule has 3 aliphatic rings. The Bertz CT molecular complexity index is 595. The number of piperazine rings is 1. The second-order valence-electron chi connectivity index (χ2n) is 8.15. The van der Waals surface area contributed by atoms with Gasteiger partial charge in [0.1, 0.15) is 5.75 Å². The van der Waals surface area contributed by atoms with Crippen LogP contribution in [0.5, 0.6) is 5.75 Å². The largest absolute Gasteiger partial charge is 0.493 e. The van der Waals surface area contributed by atoms with Crippen molar-refractivity contribution in [1.82, 2.24) is 15.1 Å². The predicted octanol–water partition coefficient (Wildman–Crippen LogP) is 2.61. The fourth-order valence-corrected chi connectivity index (χ4v) is 4.56. The van der Waals surface area contributed by atoms with Crippen LogP contribution in [0.4, 0.5) is 0 Å². The van der Waals surface area contributed by atoms with E-state index in [1.54, 1.807) is 5.56 Å². The number of fused-ring (bicyclic) bond motifs is 2. The Morgan fingerprint density at radius 3 is 2.68 bits per heavy atom. The molecule has 4 rings (SSSR count). The van der Waals surface area contributed by atoms with Crippen LogP contribution >= 0.6 is 0 Å². The molecule has 1 N–H and O–H groups in total. The van der Waals surface area contributed by atoms with Gasteiger partial charge < -0.3 is 15.0 Å². The summed E-state index contributed by atoms with van der Waals surface area (Å²) in [5, 5.41) is 3.88. The van der Waals surface area contributed by atoms with Crippen LogP contribution in [0.1, 0.15) is 48.9 Å². The number of likely N-dealkylation sites (N-methyl/N-ethyl adjacent to an activating group) is 1. The Morgan fingerprint density at radius 1 is 1.12 bits per heavy atom. The molecule has 2 atom stereocenters. The molecular weight excluding hydrogens is 310 g/mol. The van der Waals surface area contributed by atoms with Crippen molar-refractivity contribution in [3.63, 3.8) is 0 Å². The van der Waals surface area contributed by atoms with Crippen LogP contribution in [0.25, 0.3) is 0 Å². The van der Waals surface area contributed by atoms with Gasteiger partial charge in [0.15, 0.2) is 0 Å². The van der Waals surface area contributed by atoms with Crippen molar-refractivity contribution in [2.45, 2.75) is 51.1 Å². The summed E-state index contributed by atoms with van der Waals surface area (Å²) < 4.78 is 6.08. The first kappa shape index (κ1) is 17.3. The first-order valence-corrected chi connectivity index (χ1v) is 10.1. The molecule has 25 heavy (non-hydrogen) atoms. The van der Waals surface area contributed by atoms with E-state index in [9.17, 15) is 0 Å². The molecule has 2 unspecified atom stereocenters. The van der Waals surface area contributed by atoms with Crippen LogP contribution < -0.4 is 10.1 Å². The van der Waals surface area contributed by atoms with Gasteiger partial charge in [-0.15, -0.1) is 0 Å². The maximum absolute atomic E-state index is 6.08. The molecule has 0 aromatic heterocycles. The van der Waals surface area contributed by atoms with Gasteiger partial charge in [-0.25, -0.2) is 0 Å². The number of ether oxygens (including phenoxy) is 1. The molecule has 0 radical (unpaired) electrons. The molecule has 0 amide bonds. The highest BCUT2D eigenvalue weighted by molar-refractivity contribution is 5.46. The Hall–Kier alpha value is -1.10. The van der Waals surface area contributed by atoms with Gasteiger partial charge in [0.05, 0.1) is 6.61 Å². The van der Waals surface area contributed by atoms with E-state index in [4.69, 9.17) is 4.74 Å². The fraction of sp³-hybridized carbons (Fsp3) is 0.714. The van der Waals surface area contributed by atoms with Crippen LogP contribution in [0.3, 0.4) is 0 Å². The maximum Gasteiger partial charge on any atom is 0.124 e. The number of rotatable bonds is 4. The molecular formula is C21H33N3O. The van der Waals surface area contributed by atoms with E-state index >= 15 is 0 Å². The standard InChI is InChI=1S/C21H33N3O/c1-16(24-10-8-23(2)9-11-24)15-22-20-7-4-12-25-21-14-18-6-3-5-17(18)13-19(20)21/h13-14,16,20,22H,3-12,15H2,1-2H3. The summed E-state index contributed by atoms with van der Waals surface area (Å²) in [6.45, 7) is 9.06. The lowest BCUT2D eigenvalue weighted by Gasteiger charge is -2.37. The predicted molar refractivity (Wildman–Crippen MR) is 102 cm³/mol. The first-order chi connectivity index (χ1) is 12.2. The number of nitrogens with one attached hydrogen (secondary N) is 1. The minimum Gasteiger partial charge on any atom is -0.493 e. The average molecular weight is 344 g/mol. The first-order valence-electron chi connectivity index (χ1n) is 10.1. The highest BCUT2D eigenvalue weighted by Gasteiger charge is 2.25. The van der Waals surface area contributed by atoms with Gasteiger partial charge in [0, 0.05) is 50.4 Å². The van der Waals surface area contributed by atoms with E-state index < -0.39 is 0 Å². The van der Waals surface area contributed by atoms with Crippen molar-refractivity contribution in [3.8, 4) is 5.75 Å². The van der Waals surface area contributed by atoms with E-state index in [0.717, 1.165) is 25.3 Å². The number of nitrogens with zero attached hydrogens (tertiary/aromatic N) is 2. The minimum absolute atomic E-state index is 0.443. The third-order valence-electron chi connectivity index (χ3n) is 6.32. The molecule has 0 saturated carbocycles. The summed E-state index contributed by atoms with van der Waals surface area (Å²) in [6.07, 6.45) is 6.09. The Kier molecular flexibility index (Phi) is 5.30. The molecule has 1 aromatic rings. The second kappa shape index (κ2) is 7.65. The number of benzene rings is 1. The van der Waals surface area contributed by atoms with Crippen LogP contribution in [0.15, 0.2) is 12.1 Å². The van der Waals surface area contributed by atoms with Gasteiger partial charge in [-0.3, -0.25) is 4.90 Å². The van der Waals surface area contributed by atoms with Crippen molar-refractivity contribution in [2.24, 2.45) is 0 Å². The topological polar surface area (TPSA) is 27.7 Å². The quantitative estimate of drug-likeness (QED) is 0.909. The van der Waals surface area contributed by atoms with Crippen LogP contribution in [0, 0.1) is 0 Å². The van der Waals surface area contributed by atoms with Crippen LogP contribution in [-0.4, -0.2) is 62.2 Å². The fourth-order valence-electron chi connectivity index (χ4n) is 4.56. The highest BCUT2D eigenvalue weighted by Crippen LogP contribution is 2.36. The van der Waals surface area contributed by atoms with Gasteiger partial charge in [-0.05, 0) is 63.3 Å². The summed E-state index contributed by atoms with van der Waals surface area (Å²) >= 11 is 0. The number of hydrogen-bond donors (Lipinski definition) is 1. The molecule has 138 valence electrons. The molecule has 0 spiro atoms. The molecule has 1 saturated heterocycles. The SMILES string of the molecule is CC(CNC1CCCOc2cc3c(cc21)CCC3)N1CCN(C)CC1. The van der Waals surface area contributed by atoms with E-state index in [0.29, 0.717) is 12.1 Å². The van der Waals surface area contributed by atoms with Gasteiger partial charge in [0.25, 0.3) is 0 Å². The summed E-state index contributed by atoms with van der Waals surface area (Å²) in [7, 11) is 2.22. The molecule has 4 nitrogen and oxygen atoms in total. The third kappa shape index (κ3) is 3.86. The molecule has 1 aromatic carbocycles. The molecule has 0 bridgehead atoms. The average Bonchev–Trinajstić information content (AvgIpc) is 2.99. The zero-order valence-electron chi connectivity index (χ0n) is 15.9. The van der Waals surface area contributed by atoms with Gasteiger partial charge in [-0.2, -0.15) is 0 Å². The molecule has 1 aliphatic carbocycles. The van der Waals surface area contributed by atoms with E-state index in [1.807, 2.05) is 0 Å². The van der Waals surface area contributed by atoms with Gasteiger partial charge in [0.2, 0.25) is 0 Å². The molecule has 1 fully saturated rings. The number of aryl methyl sites for hydroxylation is 2. The van der Waals surface area contributed by atoms with Crippen molar-refractivity contribution in [2.75, 3.05) is 46.4 Å². The Morgan fingerprint density at radius 2 is 1.88 bits per heavy atom. The van der Waals surface area contributed by atoms with E-state index in [1.165, 1.54) is 63.0 Å². The van der Waals surface area contributed by atoms with Crippen LogP contribution in [-0.2, 0) is 12.8 Å². The molecule has 2 aliphatic heterocycles. The Balaban J connectivity index is 1.42. The molecule has 4 heteroatoms. The van der Waals surface area contributed by atoms with E-state index in [2.05, 4.69) is 41.2 Å². The zero-order valence-corrected chi connectivity index (χ0v) is 15.9. The lowest BCUT2D eigenvalue weighted by molar-refractivity contribution is 0.116. The van der Waals surface area contributed by atoms with Crippen LogP contribution in [0.2, 0.25) is 0 Å². The third-order valence-corrected chi connectivity index (χ3v) is 6.32. The van der Waals surface area contributed by atoms with Gasteiger partial charge >= 0.3 is 0 Å². The summed E-state index contributed by atoms with van der Waals surface area (Å²) in [6, 6.07) is 5.82. The summed E-state index contributed by atoms with van der Waals surface area (Å²) in [4.78, 5) is 5.06. The smallest absolute Gasteiger partial charge is 0.124 e. The maximum atomic E-state index is 6.08. The minimum atomic E-state index is 0.443. The van der Waals surface area contributed by atoms with Crippen molar-refractivity contribution >= 4 is 0 Å². The summed E-state index contributed by atoms with van der Waals surface area (Å²) in [5.41, 5.74) is 4.48. The lowest BCUT2D eigenvalue weighted by Crippen LogP contribution is -2.51. The van der Waals surface area contributed by atoms with Gasteiger partial charge in [-0.1, -0.05) is 6.07 Å². The van der Waals surface area contributed by atoms with E-state index in [-0.39, 0.29) is 0 Å². The van der Waals surface area contributed by atoms with Crippen molar-refractivity contribution in [1.29, 1.82) is 0 Å². The highest BCUT2D eigenvalue weighted by atomic mass is 16.5. The lowest BCUT2D eigenvalue weighted by atomic mass is 9.97. The Labute approximate surface area is 152 Å². The normalized spacial score (nSPS) is 25.8. The van der Waals surface area contributed by atoms with Crippen molar-refractivity contribution in [3.05, 3.63) is 28.8 Å². The zero-order chi connectivity index (χ0) is 17.2. The monoisotopic (exact) mass is 343 g/mol. The molecule has 2 heterocycles. The summed E-state index contributed by atoms with van der Waals surface area (Å²) in [5.74, 6) is 1.14.